The van der Waals surface area contributed by atoms with E-state index in [2.05, 4.69) is 43.4 Å². The van der Waals surface area contributed by atoms with Gasteiger partial charge in [-0.2, -0.15) is 0 Å². The summed E-state index contributed by atoms with van der Waals surface area (Å²) in [6.07, 6.45) is 4.07. The van der Waals surface area contributed by atoms with Gasteiger partial charge in [-0.25, -0.2) is 0 Å². The van der Waals surface area contributed by atoms with Gasteiger partial charge in [0, 0.05) is 26.2 Å². The van der Waals surface area contributed by atoms with E-state index in [0.29, 0.717) is 24.9 Å². The van der Waals surface area contributed by atoms with Gasteiger partial charge in [-0.15, -0.1) is 0 Å². The summed E-state index contributed by atoms with van der Waals surface area (Å²) in [5.74, 6) is 2.06. The van der Waals surface area contributed by atoms with Gasteiger partial charge in [-0.1, -0.05) is 26.0 Å². The highest BCUT2D eigenvalue weighted by atomic mass is 16.5. The normalized spacial score (nSPS) is 34.1. The molecule has 4 rings (SSSR count). The summed E-state index contributed by atoms with van der Waals surface area (Å²) in [7, 11) is 1.64. The highest BCUT2D eigenvalue weighted by molar-refractivity contribution is 5.76. The minimum Gasteiger partial charge on any atom is -0.491 e. The molecule has 1 unspecified atom stereocenters. The van der Waals surface area contributed by atoms with Gasteiger partial charge in [0.1, 0.15) is 5.75 Å². The van der Waals surface area contributed by atoms with Crippen molar-refractivity contribution in [2.24, 2.45) is 22.7 Å². The number of hydrogen-bond donors (Lipinski definition) is 1. The number of hydrogen-bond acceptors (Lipinski definition) is 4. The monoisotopic (exact) mass is 415 g/mol. The smallest absolute Gasteiger partial charge is 0.222 e. The SMILES string of the molecule is COCCC(=O)N[C@H]1C(C)(C)[C@@H]2C[C@@H]3[C@@H](c4ccc(OC(C)C)cc4)OCCC31C2. The highest BCUT2D eigenvalue weighted by Gasteiger charge is 2.68. The molecular formula is C25H37NO4. The van der Waals surface area contributed by atoms with E-state index in [1.165, 1.54) is 18.4 Å². The predicted molar refractivity (Wildman–Crippen MR) is 116 cm³/mol. The zero-order valence-corrected chi connectivity index (χ0v) is 19.1. The third kappa shape index (κ3) is 3.64. The van der Waals surface area contributed by atoms with Crippen LogP contribution < -0.4 is 10.1 Å². The number of fused-ring (bicyclic) bond motifs is 1. The molecule has 166 valence electrons. The molecule has 5 atom stereocenters. The van der Waals surface area contributed by atoms with Crippen LogP contribution in [0.3, 0.4) is 0 Å². The van der Waals surface area contributed by atoms with E-state index < -0.39 is 0 Å². The number of benzene rings is 1. The molecule has 1 aliphatic heterocycles. The van der Waals surface area contributed by atoms with Gasteiger partial charge < -0.3 is 19.5 Å². The van der Waals surface area contributed by atoms with E-state index in [1.54, 1.807) is 7.11 Å². The summed E-state index contributed by atoms with van der Waals surface area (Å²) < 4.78 is 17.3. The Morgan fingerprint density at radius 3 is 2.67 bits per heavy atom. The lowest BCUT2D eigenvalue weighted by molar-refractivity contribution is -0.137. The largest absolute Gasteiger partial charge is 0.491 e. The Kier molecular flexibility index (Phi) is 5.88. The number of ether oxygens (including phenoxy) is 3. The second-order valence-corrected chi connectivity index (χ2v) is 10.3. The number of nitrogens with one attached hydrogen (secondary N) is 1. The number of rotatable bonds is 7. The fourth-order valence-electron chi connectivity index (χ4n) is 6.55. The van der Waals surface area contributed by atoms with Crippen molar-refractivity contribution in [3.8, 4) is 5.75 Å². The Morgan fingerprint density at radius 2 is 2.00 bits per heavy atom. The van der Waals surface area contributed by atoms with Crippen LogP contribution in [0.15, 0.2) is 24.3 Å². The highest BCUT2D eigenvalue weighted by Crippen LogP contribution is 2.70. The molecule has 2 aliphatic carbocycles. The molecule has 2 bridgehead atoms. The molecule has 3 aliphatic rings. The lowest BCUT2D eigenvalue weighted by Crippen LogP contribution is -2.59. The van der Waals surface area contributed by atoms with Crippen molar-refractivity contribution in [3.05, 3.63) is 29.8 Å². The standard InChI is InChI=1S/C25H37NO4/c1-16(2)30-19-8-6-17(7-9-19)22-20-14-18-15-25(20,11-13-29-22)23(24(18,3)4)26-21(27)10-12-28-5/h6-9,16,18,20,22-23H,10-15H2,1-5H3,(H,26,27)/t18-,20-,22-,23+,25?/m1/s1. The van der Waals surface area contributed by atoms with Crippen molar-refractivity contribution >= 4 is 5.91 Å². The topological polar surface area (TPSA) is 56.8 Å². The van der Waals surface area contributed by atoms with Gasteiger partial charge in [0.25, 0.3) is 0 Å². The molecule has 3 fully saturated rings. The van der Waals surface area contributed by atoms with E-state index in [4.69, 9.17) is 14.2 Å². The summed E-state index contributed by atoms with van der Waals surface area (Å²) in [6.45, 7) is 9.98. The van der Waals surface area contributed by atoms with Crippen LogP contribution in [0.2, 0.25) is 0 Å². The first kappa shape index (κ1) is 21.6. The number of amides is 1. The molecule has 2 saturated carbocycles. The van der Waals surface area contributed by atoms with Crippen LogP contribution in [0.4, 0.5) is 0 Å². The lowest BCUT2D eigenvalue weighted by atomic mass is 9.59. The van der Waals surface area contributed by atoms with Crippen molar-refractivity contribution < 1.29 is 19.0 Å². The van der Waals surface area contributed by atoms with Crippen molar-refractivity contribution in [3.63, 3.8) is 0 Å². The average molecular weight is 416 g/mol. The molecular weight excluding hydrogens is 378 g/mol. The molecule has 1 spiro atoms. The average Bonchev–Trinajstić information content (AvgIpc) is 3.19. The Hall–Kier alpha value is -1.59. The maximum Gasteiger partial charge on any atom is 0.222 e. The third-order valence-electron chi connectivity index (χ3n) is 7.92. The lowest BCUT2D eigenvalue weighted by Gasteiger charge is -2.53. The van der Waals surface area contributed by atoms with Crippen LogP contribution in [-0.2, 0) is 14.3 Å². The van der Waals surface area contributed by atoms with Crippen LogP contribution in [-0.4, -0.2) is 38.4 Å². The summed E-state index contributed by atoms with van der Waals surface area (Å²) in [5, 5.41) is 3.43. The Labute approximate surface area is 180 Å². The van der Waals surface area contributed by atoms with E-state index in [1.807, 2.05) is 13.8 Å². The predicted octanol–water partition coefficient (Wildman–Crippen LogP) is 4.51. The molecule has 5 nitrogen and oxygen atoms in total. The van der Waals surface area contributed by atoms with Gasteiger partial charge in [-0.3, -0.25) is 4.79 Å². The Morgan fingerprint density at radius 1 is 1.27 bits per heavy atom. The molecule has 1 amide bonds. The van der Waals surface area contributed by atoms with Crippen LogP contribution in [0.1, 0.15) is 65.0 Å². The van der Waals surface area contributed by atoms with Crippen molar-refractivity contribution in [1.29, 1.82) is 0 Å². The first-order valence-corrected chi connectivity index (χ1v) is 11.4. The van der Waals surface area contributed by atoms with Crippen molar-refractivity contribution in [1.82, 2.24) is 5.32 Å². The second kappa shape index (κ2) is 8.16. The van der Waals surface area contributed by atoms with Gasteiger partial charge >= 0.3 is 0 Å². The molecule has 1 heterocycles. The van der Waals surface area contributed by atoms with Crippen molar-refractivity contribution in [2.75, 3.05) is 20.3 Å². The zero-order chi connectivity index (χ0) is 21.5. The summed E-state index contributed by atoms with van der Waals surface area (Å²) in [4.78, 5) is 12.6. The van der Waals surface area contributed by atoms with Crippen LogP contribution in [0, 0.1) is 22.7 Å². The minimum absolute atomic E-state index is 0.0892. The molecule has 30 heavy (non-hydrogen) atoms. The third-order valence-corrected chi connectivity index (χ3v) is 7.92. The van der Waals surface area contributed by atoms with Gasteiger partial charge in [0.15, 0.2) is 0 Å². The Bertz CT molecular complexity index is 759. The summed E-state index contributed by atoms with van der Waals surface area (Å²) >= 11 is 0. The number of carbonyl (C=O) groups is 1. The van der Waals surface area contributed by atoms with Crippen LogP contribution in [0.25, 0.3) is 0 Å². The number of methoxy groups -OCH3 is 1. The number of carbonyl (C=O) groups excluding carboxylic acids is 1. The summed E-state index contributed by atoms with van der Waals surface area (Å²) in [6, 6.07) is 8.62. The van der Waals surface area contributed by atoms with Crippen LogP contribution >= 0.6 is 0 Å². The molecule has 0 radical (unpaired) electrons. The van der Waals surface area contributed by atoms with E-state index in [9.17, 15) is 4.79 Å². The maximum absolute atomic E-state index is 12.6. The van der Waals surface area contributed by atoms with Gasteiger partial charge in [-0.05, 0) is 73.5 Å². The zero-order valence-electron chi connectivity index (χ0n) is 19.1. The van der Waals surface area contributed by atoms with Crippen LogP contribution in [0.5, 0.6) is 5.75 Å². The Balaban J connectivity index is 1.57. The minimum atomic E-state index is 0.0892. The van der Waals surface area contributed by atoms with Gasteiger partial charge in [0.05, 0.1) is 18.8 Å². The van der Waals surface area contributed by atoms with E-state index in [-0.39, 0.29) is 35.0 Å². The first-order valence-electron chi connectivity index (χ1n) is 11.4. The van der Waals surface area contributed by atoms with Crippen molar-refractivity contribution in [2.45, 2.75) is 71.6 Å². The molecule has 5 heteroatoms. The first-order chi connectivity index (χ1) is 14.3. The molecule has 1 N–H and O–H groups in total. The maximum atomic E-state index is 12.6. The molecule has 1 saturated heterocycles. The van der Waals surface area contributed by atoms with Gasteiger partial charge in [0.2, 0.25) is 5.91 Å². The molecule has 0 aromatic heterocycles. The van der Waals surface area contributed by atoms with E-state index in [0.717, 1.165) is 18.8 Å². The molecule has 1 aromatic rings. The fraction of sp³-hybridized carbons (Fsp3) is 0.720. The quantitative estimate of drug-likeness (QED) is 0.712. The fourth-order valence-corrected chi connectivity index (χ4v) is 6.55. The summed E-state index contributed by atoms with van der Waals surface area (Å²) in [5.41, 5.74) is 1.45. The molecule has 1 aromatic carbocycles. The second-order valence-electron chi connectivity index (χ2n) is 10.3. The van der Waals surface area contributed by atoms with E-state index >= 15 is 0 Å².